The second-order valence-corrected chi connectivity index (χ2v) is 8.35. The van der Waals surface area contributed by atoms with Crippen LogP contribution >= 0.6 is 11.8 Å². The number of thioether (sulfide) groups is 1. The number of carbonyl (C=O) groups excluding carboxylic acids is 2. The lowest BCUT2D eigenvalue weighted by atomic mass is 10.1. The van der Waals surface area contributed by atoms with Crippen molar-refractivity contribution in [2.24, 2.45) is 0 Å². The number of rotatable bonds is 10. The summed E-state index contributed by atoms with van der Waals surface area (Å²) in [6.07, 6.45) is 12.1. The maximum atomic E-state index is 11.9. The van der Waals surface area contributed by atoms with Crippen molar-refractivity contribution in [1.29, 1.82) is 0 Å². The van der Waals surface area contributed by atoms with Crippen LogP contribution in [0.5, 0.6) is 0 Å². The number of hydrogen-bond acceptors (Lipinski definition) is 5. The first-order valence-corrected chi connectivity index (χ1v) is 11.1. The summed E-state index contributed by atoms with van der Waals surface area (Å²) < 4.78 is 0. The van der Waals surface area contributed by atoms with Crippen LogP contribution in [-0.2, 0) is 9.59 Å². The lowest BCUT2D eigenvalue weighted by molar-refractivity contribution is -0.122. The summed E-state index contributed by atoms with van der Waals surface area (Å²) in [6, 6.07) is -0.165. The van der Waals surface area contributed by atoms with Crippen LogP contribution in [0, 0.1) is 0 Å². The van der Waals surface area contributed by atoms with Crippen molar-refractivity contribution >= 4 is 24.0 Å². The summed E-state index contributed by atoms with van der Waals surface area (Å²) in [6.45, 7) is 10.5. The molecule has 1 rings (SSSR count). The fourth-order valence-electron chi connectivity index (χ4n) is 2.66. The van der Waals surface area contributed by atoms with Gasteiger partial charge in [-0.05, 0) is 46.5 Å². The summed E-state index contributed by atoms with van der Waals surface area (Å²) in [5.41, 5.74) is 11.0. The Labute approximate surface area is 174 Å². The van der Waals surface area contributed by atoms with Gasteiger partial charge in [0.25, 0.3) is 0 Å². The number of carbonyl (C=O) groups is 2. The van der Waals surface area contributed by atoms with E-state index in [1.54, 1.807) is 11.8 Å². The van der Waals surface area contributed by atoms with E-state index in [0.29, 0.717) is 0 Å². The highest BCUT2D eigenvalue weighted by atomic mass is 32.2. The molecule has 0 saturated heterocycles. The van der Waals surface area contributed by atoms with Gasteiger partial charge in [0.2, 0.25) is 5.91 Å². The lowest BCUT2D eigenvalue weighted by Gasteiger charge is -2.22. The number of allylic oxidation sites excluding steroid dienone is 5. The number of nitrogens with one attached hydrogen (secondary N) is 3. The van der Waals surface area contributed by atoms with Crippen LogP contribution in [0.1, 0.15) is 59.3 Å². The Morgan fingerprint density at radius 1 is 1.21 bits per heavy atom. The Bertz CT molecular complexity index is 619. The average molecular weight is 406 g/mol. The Kier molecular flexibility index (Phi) is 12.1. The van der Waals surface area contributed by atoms with Crippen LogP contribution in [0.3, 0.4) is 0 Å². The molecule has 3 N–H and O–H groups in total. The minimum Gasteiger partial charge on any atom is -0.347 e. The topological polar surface area (TPSA) is 70.2 Å². The van der Waals surface area contributed by atoms with Crippen molar-refractivity contribution in [3.05, 3.63) is 47.3 Å². The second kappa shape index (κ2) is 14.1. The first-order chi connectivity index (χ1) is 13.4. The van der Waals surface area contributed by atoms with Crippen molar-refractivity contribution < 1.29 is 9.59 Å². The minimum atomic E-state index is -0.165. The van der Waals surface area contributed by atoms with Crippen LogP contribution in [0.2, 0.25) is 0 Å². The molecule has 0 aromatic rings. The molecule has 0 aromatic carbocycles. The monoisotopic (exact) mass is 405 g/mol. The van der Waals surface area contributed by atoms with E-state index in [0.717, 1.165) is 54.9 Å². The quantitative estimate of drug-likeness (QED) is 0.376. The van der Waals surface area contributed by atoms with Crippen molar-refractivity contribution in [3.63, 3.8) is 0 Å². The van der Waals surface area contributed by atoms with Gasteiger partial charge < -0.3 is 21.0 Å². The predicted octanol–water partition coefficient (Wildman–Crippen LogP) is 4.16. The van der Waals surface area contributed by atoms with Crippen molar-refractivity contribution in [2.75, 3.05) is 11.5 Å². The third kappa shape index (κ3) is 11.0. The largest absolute Gasteiger partial charge is 0.347 e. The van der Waals surface area contributed by atoms with E-state index >= 15 is 0 Å². The summed E-state index contributed by atoms with van der Waals surface area (Å²) >= 11 is 1.75. The van der Waals surface area contributed by atoms with Gasteiger partial charge in [-0.3, -0.25) is 4.79 Å². The summed E-state index contributed by atoms with van der Waals surface area (Å²) in [5.74, 6) is 1.50. The zero-order valence-electron chi connectivity index (χ0n) is 17.5. The predicted molar refractivity (Wildman–Crippen MR) is 120 cm³/mol. The van der Waals surface area contributed by atoms with E-state index in [1.807, 2.05) is 0 Å². The van der Waals surface area contributed by atoms with E-state index in [9.17, 15) is 9.59 Å². The van der Waals surface area contributed by atoms with Crippen LogP contribution in [0.4, 0.5) is 0 Å². The first-order valence-electron chi connectivity index (χ1n) is 9.92. The standard InChI is InChI=1S/C22H35N3O2S/c1-17(2)8-5-9-18(3)10-6-11-20-13-15-28-16-21(19(4)24-25-20)23-22(27)12-7-14-26/h8,10,13-14,21,24-25H,4-7,9,11-12,15-16H2,1-3H3,(H,23,27)/b18-10+,20-13-. The highest BCUT2D eigenvalue weighted by Gasteiger charge is 2.17. The van der Waals surface area contributed by atoms with Gasteiger partial charge >= 0.3 is 0 Å². The summed E-state index contributed by atoms with van der Waals surface area (Å²) in [7, 11) is 0. The van der Waals surface area contributed by atoms with Gasteiger partial charge in [-0.15, -0.1) is 0 Å². The van der Waals surface area contributed by atoms with Crippen molar-refractivity contribution in [2.45, 2.75) is 65.3 Å². The van der Waals surface area contributed by atoms with Crippen LogP contribution in [-0.4, -0.2) is 29.7 Å². The molecule has 156 valence electrons. The van der Waals surface area contributed by atoms with Crippen molar-refractivity contribution in [1.82, 2.24) is 16.2 Å². The van der Waals surface area contributed by atoms with E-state index in [4.69, 9.17) is 0 Å². The molecular weight excluding hydrogens is 370 g/mol. The highest BCUT2D eigenvalue weighted by molar-refractivity contribution is 7.99. The number of hydrogen-bond donors (Lipinski definition) is 3. The fraction of sp³-hybridized carbons (Fsp3) is 0.545. The van der Waals surface area contributed by atoms with E-state index in [1.165, 1.54) is 11.1 Å². The SMILES string of the molecule is C=C1NN/C(CC/C=C(\C)CCC=C(C)C)=C\CSCC1NC(=O)CCC=O. The van der Waals surface area contributed by atoms with E-state index in [-0.39, 0.29) is 24.8 Å². The molecule has 1 heterocycles. The zero-order chi connectivity index (χ0) is 20.8. The molecule has 0 saturated carbocycles. The molecule has 0 fully saturated rings. The van der Waals surface area contributed by atoms with E-state index in [2.05, 4.69) is 61.7 Å². The Hall–Kier alpha value is -1.95. The molecular formula is C22H35N3O2S. The third-order valence-corrected chi connectivity index (χ3v) is 5.33. The smallest absolute Gasteiger partial charge is 0.220 e. The second-order valence-electron chi connectivity index (χ2n) is 7.28. The molecule has 0 bridgehead atoms. The van der Waals surface area contributed by atoms with Crippen molar-refractivity contribution in [3.8, 4) is 0 Å². The molecule has 0 aromatic heterocycles. The third-order valence-electron chi connectivity index (χ3n) is 4.36. The minimum absolute atomic E-state index is 0.123. The molecule has 0 aliphatic carbocycles. The number of amides is 1. The molecule has 5 nitrogen and oxygen atoms in total. The average Bonchev–Trinajstić information content (AvgIpc) is 2.72. The first kappa shape index (κ1) is 24.1. The highest BCUT2D eigenvalue weighted by Crippen LogP contribution is 2.14. The summed E-state index contributed by atoms with van der Waals surface area (Å²) in [5, 5.41) is 2.94. The maximum Gasteiger partial charge on any atom is 0.220 e. The maximum absolute atomic E-state index is 11.9. The Morgan fingerprint density at radius 2 is 2.00 bits per heavy atom. The zero-order valence-corrected chi connectivity index (χ0v) is 18.3. The summed E-state index contributed by atoms with van der Waals surface area (Å²) in [4.78, 5) is 22.3. The van der Waals surface area contributed by atoms with Gasteiger partial charge in [0.15, 0.2) is 0 Å². The van der Waals surface area contributed by atoms with Crippen LogP contribution in [0.25, 0.3) is 0 Å². The fourth-order valence-corrected chi connectivity index (χ4v) is 3.63. The van der Waals surface area contributed by atoms with Gasteiger partial charge in [-0.1, -0.05) is 36.0 Å². The van der Waals surface area contributed by atoms with Gasteiger partial charge in [0.1, 0.15) is 6.29 Å². The lowest BCUT2D eigenvalue weighted by Crippen LogP contribution is -2.44. The molecule has 1 aliphatic rings. The molecule has 1 amide bonds. The molecule has 0 radical (unpaired) electrons. The van der Waals surface area contributed by atoms with Gasteiger partial charge in [-0.2, -0.15) is 11.8 Å². The molecule has 1 atom stereocenters. The molecule has 6 heteroatoms. The van der Waals surface area contributed by atoms with E-state index < -0.39 is 0 Å². The van der Waals surface area contributed by atoms with Gasteiger partial charge in [-0.25, -0.2) is 0 Å². The molecule has 1 unspecified atom stereocenters. The normalized spacial score (nSPS) is 19.7. The Morgan fingerprint density at radius 3 is 2.71 bits per heavy atom. The Balaban J connectivity index is 2.45. The van der Waals surface area contributed by atoms with Crippen LogP contribution < -0.4 is 16.2 Å². The molecule has 28 heavy (non-hydrogen) atoms. The molecule has 0 spiro atoms. The van der Waals surface area contributed by atoms with Gasteiger partial charge in [0, 0.05) is 35.7 Å². The number of hydrazine groups is 1. The number of aldehydes is 1. The van der Waals surface area contributed by atoms with Crippen LogP contribution in [0.15, 0.2) is 47.3 Å². The molecule has 1 aliphatic heterocycles. The van der Waals surface area contributed by atoms with Gasteiger partial charge in [0.05, 0.1) is 6.04 Å².